The maximum absolute atomic E-state index is 12.2. The number of hydrogen-bond donors (Lipinski definition) is 2. The zero-order valence-corrected chi connectivity index (χ0v) is 14.6. The minimum absolute atomic E-state index is 0. The van der Waals surface area contributed by atoms with E-state index in [9.17, 15) is 9.90 Å². The lowest BCUT2D eigenvalue weighted by Gasteiger charge is -2.32. The molecule has 0 saturated carbocycles. The van der Waals surface area contributed by atoms with Crippen molar-refractivity contribution in [2.45, 2.75) is 24.7 Å². The molecule has 4 nitrogen and oxygen atoms in total. The summed E-state index contributed by atoms with van der Waals surface area (Å²) in [6, 6.07) is 6.99. The molecule has 1 amide bonds. The molecule has 0 bridgehead atoms. The second kappa shape index (κ2) is 9.98. The van der Waals surface area contributed by atoms with E-state index in [1.165, 1.54) is 11.8 Å². The summed E-state index contributed by atoms with van der Waals surface area (Å²) in [5, 5.41) is 12.6. The molecule has 0 radical (unpaired) electrons. The van der Waals surface area contributed by atoms with Gasteiger partial charge < -0.3 is 15.3 Å². The summed E-state index contributed by atoms with van der Waals surface area (Å²) in [6.07, 6.45) is 2.20. The normalized spacial score (nSPS) is 15.4. The quantitative estimate of drug-likeness (QED) is 0.779. The van der Waals surface area contributed by atoms with Gasteiger partial charge in [0.1, 0.15) is 5.75 Å². The number of phenols is 1. The molecule has 2 N–H and O–H groups in total. The van der Waals surface area contributed by atoms with Gasteiger partial charge in [-0.25, -0.2) is 0 Å². The molecule has 1 aromatic rings. The molecule has 124 valence electrons. The van der Waals surface area contributed by atoms with Crippen LogP contribution in [0.1, 0.15) is 19.8 Å². The minimum Gasteiger partial charge on any atom is -0.508 e. The number of phenolic OH excluding ortho intramolecular Hbond substituents is 1. The van der Waals surface area contributed by atoms with Crippen LogP contribution in [0, 0.1) is 5.92 Å². The highest BCUT2D eigenvalue weighted by Gasteiger charge is 2.22. The molecule has 0 aromatic heterocycles. The Morgan fingerprint density at radius 1 is 1.32 bits per heavy atom. The Labute approximate surface area is 143 Å². The molecule has 0 aliphatic carbocycles. The number of aromatic hydroxyl groups is 1. The number of hydrogen-bond acceptors (Lipinski definition) is 4. The van der Waals surface area contributed by atoms with Crippen LogP contribution in [0.25, 0.3) is 0 Å². The first-order valence-corrected chi connectivity index (χ1v) is 8.58. The molecule has 2 rings (SSSR count). The number of halogens is 1. The Kier molecular flexibility index (Phi) is 8.68. The fourth-order valence-corrected chi connectivity index (χ4v) is 3.31. The van der Waals surface area contributed by atoms with E-state index in [2.05, 4.69) is 12.2 Å². The van der Waals surface area contributed by atoms with Crippen molar-refractivity contribution < 1.29 is 9.90 Å². The molecular formula is C16H25ClN2O2S. The molecule has 22 heavy (non-hydrogen) atoms. The van der Waals surface area contributed by atoms with Crippen molar-refractivity contribution in [1.29, 1.82) is 0 Å². The number of carbonyl (C=O) groups is 1. The summed E-state index contributed by atoms with van der Waals surface area (Å²) >= 11 is 1.53. The monoisotopic (exact) mass is 344 g/mol. The Morgan fingerprint density at radius 3 is 2.55 bits per heavy atom. The maximum atomic E-state index is 12.2. The van der Waals surface area contributed by atoms with Gasteiger partial charge in [-0.05, 0) is 56.1 Å². The van der Waals surface area contributed by atoms with E-state index in [0.29, 0.717) is 11.7 Å². The van der Waals surface area contributed by atoms with Gasteiger partial charge in [-0.2, -0.15) is 0 Å². The fourth-order valence-electron chi connectivity index (χ4n) is 2.51. The van der Waals surface area contributed by atoms with E-state index in [-0.39, 0.29) is 24.1 Å². The smallest absolute Gasteiger partial charge is 0.232 e. The van der Waals surface area contributed by atoms with E-state index >= 15 is 0 Å². The van der Waals surface area contributed by atoms with Gasteiger partial charge >= 0.3 is 0 Å². The van der Waals surface area contributed by atoms with Crippen molar-refractivity contribution in [1.82, 2.24) is 10.2 Å². The van der Waals surface area contributed by atoms with Crippen molar-refractivity contribution >= 4 is 30.1 Å². The lowest BCUT2D eigenvalue weighted by atomic mass is 9.97. The average Bonchev–Trinajstić information content (AvgIpc) is 2.52. The number of nitrogens with one attached hydrogen (secondary N) is 1. The van der Waals surface area contributed by atoms with Crippen molar-refractivity contribution in [3.05, 3.63) is 24.3 Å². The van der Waals surface area contributed by atoms with Crippen molar-refractivity contribution in [3.8, 4) is 5.75 Å². The lowest BCUT2D eigenvalue weighted by molar-refractivity contribution is -0.129. The number of rotatable bonds is 6. The van der Waals surface area contributed by atoms with Crippen LogP contribution in [-0.2, 0) is 4.79 Å². The number of carbonyl (C=O) groups excluding carboxylic acids is 1. The van der Waals surface area contributed by atoms with Crippen molar-refractivity contribution in [2.24, 2.45) is 5.92 Å². The first-order chi connectivity index (χ1) is 10.2. The predicted molar refractivity (Wildman–Crippen MR) is 93.9 cm³/mol. The molecule has 1 fully saturated rings. The van der Waals surface area contributed by atoms with Gasteiger partial charge in [0.05, 0.1) is 5.75 Å². The molecule has 1 aromatic carbocycles. The Bertz CT molecular complexity index is 448. The largest absolute Gasteiger partial charge is 0.508 e. The summed E-state index contributed by atoms with van der Waals surface area (Å²) in [4.78, 5) is 15.2. The van der Waals surface area contributed by atoms with Crippen LogP contribution in [0.2, 0.25) is 0 Å². The highest BCUT2D eigenvalue weighted by molar-refractivity contribution is 8.00. The van der Waals surface area contributed by atoms with E-state index in [0.717, 1.165) is 43.9 Å². The van der Waals surface area contributed by atoms with Crippen LogP contribution >= 0.6 is 24.2 Å². The summed E-state index contributed by atoms with van der Waals surface area (Å²) in [5.41, 5.74) is 0. The minimum atomic E-state index is 0. The SMILES string of the molecule is CCNCC1CCN(C(=O)CSc2ccc(O)cc2)CC1.Cl. The molecular weight excluding hydrogens is 320 g/mol. The van der Waals surface area contributed by atoms with Gasteiger partial charge in [-0.1, -0.05) is 6.92 Å². The first kappa shape index (κ1) is 19.1. The molecule has 6 heteroatoms. The topological polar surface area (TPSA) is 52.6 Å². The van der Waals surface area contributed by atoms with Gasteiger partial charge in [0.15, 0.2) is 0 Å². The Hall–Kier alpha value is -0.910. The Balaban J connectivity index is 0.00000242. The van der Waals surface area contributed by atoms with Crippen LogP contribution in [0.4, 0.5) is 0 Å². The van der Waals surface area contributed by atoms with E-state index in [1.54, 1.807) is 12.1 Å². The zero-order valence-electron chi connectivity index (χ0n) is 13.0. The molecule has 1 aliphatic rings. The maximum Gasteiger partial charge on any atom is 0.232 e. The fraction of sp³-hybridized carbons (Fsp3) is 0.562. The molecule has 1 saturated heterocycles. The lowest BCUT2D eigenvalue weighted by Crippen LogP contribution is -2.41. The molecule has 0 spiro atoms. The Morgan fingerprint density at radius 2 is 1.95 bits per heavy atom. The third-order valence-corrected chi connectivity index (χ3v) is 4.85. The van der Waals surface area contributed by atoms with Gasteiger partial charge in [-0.15, -0.1) is 24.2 Å². The number of nitrogens with zero attached hydrogens (tertiary/aromatic N) is 1. The molecule has 0 atom stereocenters. The highest BCUT2D eigenvalue weighted by Crippen LogP contribution is 2.22. The highest BCUT2D eigenvalue weighted by atomic mass is 35.5. The summed E-state index contributed by atoms with van der Waals surface area (Å²) in [6.45, 7) is 5.97. The van der Waals surface area contributed by atoms with Crippen LogP contribution < -0.4 is 5.32 Å². The molecule has 1 heterocycles. The van der Waals surface area contributed by atoms with Gasteiger partial charge in [0.2, 0.25) is 5.91 Å². The third kappa shape index (κ3) is 6.07. The van der Waals surface area contributed by atoms with E-state index < -0.39 is 0 Å². The van der Waals surface area contributed by atoms with Gasteiger partial charge in [0, 0.05) is 18.0 Å². The van der Waals surface area contributed by atoms with Crippen LogP contribution in [-0.4, -0.2) is 47.8 Å². The predicted octanol–water partition coefficient (Wildman–Crippen LogP) is 2.75. The number of benzene rings is 1. The molecule has 1 aliphatic heterocycles. The van der Waals surface area contributed by atoms with Crippen LogP contribution in [0.15, 0.2) is 29.2 Å². The number of thioether (sulfide) groups is 1. The third-order valence-electron chi connectivity index (χ3n) is 3.85. The molecule has 0 unspecified atom stereocenters. The number of piperidine rings is 1. The van der Waals surface area contributed by atoms with Gasteiger partial charge in [0.25, 0.3) is 0 Å². The summed E-state index contributed by atoms with van der Waals surface area (Å²) in [5.74, 6) is 1.66. The van der Waals surface area contributed by atoms with Crippen molar-refractivity contribution in [2.75, 3.05) is 31.9 Å². The second-order valence-corrected chi connectivity index (χ2v) is 6.46. The van der Waals surface area contributed by atoms with E-state index in [4.69, 9.17) is 0 Å². The standard InChI is InChI=1S/C16H24N2O2S.ClH/c1-2-17-11-13-7-9-18(10-8-13)16(20)12-21-15-5-3-14(19)4-6-15;/h3-6,13,17,19H,2,7-12H2,1H3;1H. The number of likely N-dealkylation sites (tertiary alicyclic amines) is 1. The van der Waals surface area contributed by atoms with Gasteiger partial charge in [-0.3, -0.25) is 4.79 Å². The van der Waals surface area contributed by atoms with E-state index in [1.807, 2.05) is 17.0 Å². The summed E-state index contributed by atoms with van der Waals surface area (Å²) in [7, 11) is 0. The van der Waals surface area contributed by atoms with Crippen LogP contribution in [0.3, 0.4) is 0 Å². The zero-order chi connectivity index (χ0) is 15.1. The summed E-state index contributed by atoms with van der Waals surface area (Å²) < 4.78 is 0. The van der Waals surface area contributed by atoms with Crippen LogP contribution in [0.5, 0.6) is 5.75 Å². The number of amides is 1. The second-order valence-electron chi connectivity index (χ2n) is 5.41. The average molecular weight is 345 g/mol. The first-order valence-electron chi connectivity index (χ1n) is 7.59. The van der Waals surface area contributed by atoms with Crippen molar-refractivity contribution in [3.63, 3.8) is 0 Å².